The van der Waals surface area contributed by atoms with Crippen LogP contribution in [0.5, 0.6) is 0 Å². The maximum atomic E-state index is 13.6. The Kier molecular flexibility index (Phi) is 5.66. The van der Waals surface area contributed by atoms with Gasteiger partial charge in [-0.05, 0) is 6.07 Å². The van der Waals surface area contributed by atoms with E-state index in [0.29, 0.717) is 18.3 Å². The van der Waals surface area contributed by atoms with Crippen LogP contribution in [-0.4, -0.2) is 39.3 Å². The van der Waals surface area contributed by atoms with E-state index in [9.17, 15) is 13.9 Å². The van der Waals surface area contributed by atoms with Crippen molar-refractivity contribution in [3.8, 4) is 0 Å². The van der Waals surface area contributed by atoms with E-state index in [1.165, 1.54) is 17.8 Å². The molecule has 1 N–H and O–H groups in total. The summed E-state index contributed by atoms with van der Waals surface area (Å²) in [6.45, 7) is 1.10. The predicted octanol–water partition coefficient (Wildman–Crippen LogP) is 2.03. The van der Waals surface area contributed by atoms with Gasteiger partial charge in [-0.2, -0.15) is 0 Å². The van der Waals surface area contributed by atoms with Crippen LogP contribution < -0.4 is 0 Å². The topological polar surface area (TPSA) is 60.2 Å². The third-order valence-corrected chi connectivity index (χ3v) is 3.86. The average molecular weight is 315 g/mol. The van der Waals surface area contributed by atoms with Crippen LogP contribution in [0, 0.1) is 11.6 Å². The lowest BCUT2D eigenvalue weighted by Crippen LogP contribution is -2.07. The molecule has 0 saturated heterocycles. The van der Waals surface area contributed by atoms with Gasteiger partial charge in [0.05, 0.1) is 12.7 Å². The Hall–Kier alpha value is -1.51. The zero-order valence-corrected chi connectivity index (χ0v) is 12.2. The summed E-state index contributed by atoms with van der Waals surface area (Å²) in [4.78, 5) is 0. The van der Waals surface area contributed by atoms with E-state index in [2.05, 4.69) is 10.2 Å². The molecule has 0 spiro atoms. The van der Waals surface area contributed by atoms with Crippen molar-refractivity contribution in [3.63, 3.8) is 0 Å². The van der Waals surface area contributed by atoms with Crippen molar-refractivity contribution < 1.29 is 18.6 Å². The molecule has 2 rings (SSSR count). The fourth-order valence-electron chi connectivity index (χ4n) is 1.71. The van der Waals surface area contributed by atoms with Gasteiger partial charge in [0.25, 0.3) is 0 Å². The van der Waals surface area contributed by atoms with E-state index >= 15 is 0 Å². The summed E-state index contributed by atoms with van der Waals surface area (Å²) in [5.41, 5.74) is 0.0619. The normalized spacial score (nSPS) is 12.6. The highest BCUT2D eigenvalue weighted by Gasteiger charge is 2.15. The summed E-state index contributed by atoms with van der Waals surface area (Å²) in [5.74, 6) is -1.24. The monoisotopic (exact) mass is 315 g/mol. The van der Waals surface area contributed by atoms with Crippen LogP contribution in [0.15, 0.2) is 29.7 Å². The molecule has 1 heterocycles. The second kappa shape index (κ2) is 7.48. The van der Waals surface area contributed by atoms with Crippen molar-refractivity contribution >= 4 is 11.8 Å². The minimum Gasteiger partial charge on any atom is -0.387 e. The van der Waals surface area contributed by atoms with Gasteiger partial charge in [-0.3, -0.25) is 0 Å². The number of ether oxygens (including phenoxy) is 1. The second-order valence-electron chi connectivity index (χ2n) is 4.29. The van der Waals surface area contributed by atoms with Crippen LogP contribution in [-0.2, 0) is 11.3 Å². The number of rotatable bonds is 7. The average Bonchev–Trinajstić information content (AvgIpc) is 2.90. The van der Waals surface area contributed by atoms with Gasteiger partial charge >= 0.3 is 0 Å². The van der Waals surface area contributed by atoms with Gasteiger partial charge in [-0.25, -0.2) is 8.78 Å². The van der Waals surface area contributed by atoms with Gasteiger partial charge in [0, 0.05) is 31.0 Å². The Labute approximate surface area is 125 Å². The number of halogens is 2. The van der Waals surface area contributed by atoms with E-state index in [1.807, 2.05) is 0 Å². The van der Waals surface area contributed by atoms with Crippen molar-refractivity contribution in [3.05, 3.63) is 41.7 Å². The second-order valence-corrected chi connectivity index (χ2v) is 5.28. The molecule has 0 radical (unpaired) electrons. The molecule has 8 heteroatoms. The molecule has 0 bridgehead atoms. The molecule has 1 atom stereocenters. The Morgan fingerprint density at radius 1 is 1.43 bits per heavy atom. The van der Waals surface area contributed by atoms with Crippen LogP contribution in [0.3, 0.4) is 0 Å². The minimum absolute atomic E-state index is 0.0619. The van der Waals surface area contributed by atoms with E-state index < -0.39 is 17.7 Å². The van der Waals surface area contributed by atoms with Crippen LogP contribution >= 0.6 is 11.8 Å². The van der Waals surface area contributed by atoms with Crippen LogP contribution in [0.1, 0.15) is 11.7 Å². The number of benzene rings is 1. The van der Waals surface area contributed by atoms with Crippen molar-refractivity contribution in [2.45, 2.75) is 17.8 Å². The molecule has 0 aliphatic heterocycles. The SMILES string of the molecule is COCCn1cnnc1SCC(O)c1ccc(F)cc1F. The highest BCUT2D eigenvalue weighted by atomic mass is 32.2. The quantitative estimate of drug-likeness (QED) is 0.792. The zero-order valence-electron chi connectivity index (χ0n) is 11.4. The standard InChI is InChI=1S/C13H15F2N3O2S/c1-20-5-4-18-8-16-17-13(18)21-7-12(19)10-3-2-9(14)6-11(10)15/h2-3,6,8,12,19H,4-5,7H2,1H3. The molecule has 0 amide bonds. The number of thioether (sulfide) groups is 1. The number of hydrogen-bond donors (Lipinski definition) is 1. The molecule has 114 valence electrons. The lowest BCUT2D eigenvalue weighted by molar-refractivity contribution is 0.184. The Morgan fingerprint density at radius 3 is 2.95 bits per heavy atom. The van der Waals surface area contributed by atoms with E-state index in [4.69, 9.17) is 4.74 Å². The molecular formula is C13H15F2N3O2S. The smallest absolute Gasteiger partial charge is 0.191 e. The molecule has 1 aromatic carbocycles. The molecule has 0 aliphatic carbocycles. The maximum absolute atomic E-state index is 13.6. The van der Waals surface area contributed by atoms with Crippen molar-refractivity contribution in [1.82, 2.24) is 14.8 Å². The molecule has 2 aromatic rings. The van der Waals surface area contributed by atoms with E-state index in [0.717, 1.165) is 12.1 Å². The number of nitrogens with zero attached hydrogens (tertiary/aromatic N) is 3. The van der Waals surface area contributed by atoms with Gasteiger partial charge < -0.3 is 14.4 Å². The number of aliphatic hydroxyl groups is 1. The Balaban J connectivity index is 1.97. The summed E-state index contributed by atoms with van der Waals surface area (Å²) < 4.78 is 33.1. The molecule has 0 aliphatic rings. The summed E-state index contributed by atoms with van der Waals surface area (Å²) >= 11 is 1.24. The van der Waals surface area contributed by atoms with Gasteiger partial charge in [0.15, 0.2) is 5.16 Å². The largest absolute Gasteiger partial charge is 0.387 e. The van der Waals surface area contributed by atoms with Gasteiger partial charge in [0.1, 0.15) is 18.0 Å². The summed E-state index contributed by atoms with van der Waals surface area (Å²) in [5, 5.41) is 18.3. The Morgan fingerprint density at radius 2 is 2.24 bits per heavy atom. The molecule has 1 aromatic heterocycles. The molecule has 0 saturated carbocycles. The lowest BCUT2D eigenvalue weighted by Gasteiger charge is -2.12. The molecular weight excluding hydrogens is 300 g/mol. The number of methoxy groups -OCH3 is 1. The van der Waals surface area contributed by atoms with Gasteiger partial charge in [0.2, 0.25) is 0 Å². The summed E-state index contributed by atoms with van der Waals surface area (Å²) in [7, 11) is 1.60. The van der Waals surface area contributed by atoms with Crippen molar-refractivity contribution in [1.29, 1.82) is 0 Å². The Bertz CT molecular complexity index is 595. The zero-order chi connectivity index (χ0) is 15.2. The third-order valence-electron chi connectivity index (χ3n) is 2.81. The molecule has 5 nitrogen and oxygen atoms in total. The molecule has 1 unspecified atom stereocenters. The van der Waals surface area contributed by atoms with Crippen molar-refractivity contribution in [2.24, 2.45) is 0 Å². The highest BCUT2D eigenvalue weighted by molar-refractivity contribution is 7.99. The molecule has 21 heavy (non-hydrogen) atoms. The first-order valence-electron chi connectivity index (χ1n) is 6.24. The van der Waals surface area contributed by atoms with E-state index in [1.54, 1.807) is 18.0 Å². The highest BCUT2D eigenvalue weighted by Crippen LogP contribution is 2.25. The summed E-state index contributed by atoms with van der Waals surface area (Å²) in [6, 6.07) is 3.11. The first-order valence-corrected chi connectivity index (χ1v) is 7.23. The first-order chi connectivity index (χ1) is 10.1. The van der Waals surface area contributed by atoms with E-state index in [-0.39, 0.29) is 11.3 Å². The van der Waals surface area contributed by atoms with Crippen LogP contribution in [0.2, 0.25) is 0 Å². The predicted molar refractivity (Wildman–Crippen MR) is 73.9 cm³/mol. The van der Waals surface area contributed by atoms with Crippen LogP contribution in [0.25, 0.3) is 0 Å². The minimum atomic E-state index is -1.05. The fraction of sp³-hybridized carbons (Fsp3) is 0.385. The summed E-state index contributed by atoms with van der Waals surface area (Å²) in [6.07, 6.45) is 0.509. The number of hydrogen-bond acceptors (Lipinski definition) is 5. The third kappa shape index (κ3) is 4.23. The fourth-order valence-corrected chi connectivity index (χ4v) is 2.61. The van der Waals surface area contributed by atoms with Crippen LogP contribution in [0.4, 0.5) is 8.78 Å². The molecule has 0 fully saturated rings. The number of aliphatic hydroxyl groups excluding tert-OH is 1. The van der Waals surface area contributed by atoms with Gasteiger partial charge in [-0.1, -0.05) is 17.8 Å². The lowest BCUT2D eigenvalue weighted by atomic mass is 10.1. The first kappa shape index (κ1) is 15.9. The number of aromatic nitrogens is 3. The van der Waals surface area contributed by atoms with Crippen molar-refractivity contribution in [2.75, 3.05) is 19.5 Å². The van der Waals surface area contributed by atoms with Gasteiger partial charge in [-0.15, -0.1) is 10.2 Å². The maximum Gasteiger partial charge on any atom is 0.191 e.